The Kier molecular flexibility index (Phi) is 4.36. The van der Waals surface area contributed by atoms with Crippen LogP contribution in [0.4, 0.5) is 26.3 Å². The Morgan fingerprint density at radius 2 is 1.82 bits per heavy atom. The van der Waals surface area contributed by atoms with Gasteiger partial charge in [0, 0.05) is 0 Å². The molecular formula is C11H6BrF6N3O. The van der Waals surface area contributed by atoms with Gasteiger partial charge in [-0.1, -0.05) is 6.07 Å². The summed E-state index contributed by atoms with van der Waals surface area (Å²) in [5, 5.41) is 3.42. The van der Waals surface area contributed by atoms with Crippen molar-refractivity contribution in [2.75, 3.05) is 0 Å². The van der Waals surface area contributed by atoms with E-state index in [1.165, 1.54) is 0 Å². The van der Waals surface area contributed by atoms with E-state index >= 15 is 0 Å². The predicted octanol–water partition coefficient (Wildman–Crippen LogP) is 4.41. The zero-order valence-corrected chi connectivity index (χ0v) is 12.0. The molecule has 0 saturated heterocycles. The van der Waals surface area contributed by atoms with Gasteiger partial charge in [-0.2, -0.15) is 31.3 Å². The van der Waals surface area contributed by atoms with Crippen molar-refractivity contribution in [2.24, 2.45) is 0 Å². The zero-order valence-electron chi connectivity index (χ0n) is 10.4. The van der Waals surface area contributed by atoms with Gasteiger partial charge in [-0.05, 0) is 34.1 Å². The van der Waals surface area contributed by atoms with Crippen LogP contribution in [0.1, 0.15) is 5.56 Å². The summed E-state index contributed by atoms with van der Waals surface area (Å²) < 4.78 is 80.0. The fraction of sp³-hybridized carbons (Fsp3) is 0.273. The second-order valence-electron chi connectivity index (χ2n) is 4.06. The second kappa shape index (κ2) is 5.78. The lowest BCUT2D eigenvalue weighted by molar-refractivity contribution is -0.143. The topological polar surface area (TPSA) is 39.9 Å². The maximum Gasteiger partial charge on any atom is 0.416 e. The van der Waals surface area contributed by atoms with Crippen molar-refractivity contribution >= 4 is 15.9 Å². The van der Waals surface area contributed by atoms with Crippen molar-refractivity contribution in [3.05, 3.63) is 34.6 Å². The molecule has 1 aromatic carbocycles. The molecule has 0 fully saturated rings. The number of hydrogen-bond donors (Lipinski definition) is 0. The zero-order chi connectivity index (χ0) is 16.5. The summed E-state index contributed by atoms with van der Waals surface area (Å²) >= 11 is 2.78. The molecular weight excluding hydrogens is 384 g/mol. The molecule has 1 heterocycles. The smallest absolute Gasteiger partial charge is 0.416 e. The molecule has 22 heavy (non-hydrogen) atoms. The minimum atomic E-state index is -4.60. The molecule has 2 rings (SSSR count). The number of hydrogen-bond acceptors (Lipinski definition) is 3. The molecule has 0 atom stereocenters. The van der Waals surface area contributed by atoms with Gasteiger partial charge in [-0.25, -0.2) is 4.68 Å². The minimum absolute atomic E-state index is 0.182. The van der Waals surface area contributed by atoms with Crippen molar-refractivity contribution in [3.63, 3.8) is 0 Å². The Labute approximate surface area is 127 Å². The molecule has 1 aromatic heterocycles. The van der Waals surface area contributed by atoms with E-state index in [1.54, 1.807) is 0 Å². The van der Waals surface area contributed by atoms with Crippen LogP contribution in [-0.4, -0.2) is 20.9 Å². The largest absolute Gasteiger partial charge is 0.424 e. The molecule has 0 N–H and O–H groups in total. The maximum atomic E-state index is 12.6. The average Bonchev–Trinajstić information content (AvgIpc) is 2.66. The number of ether oxygens (including phenoxy) is 1. The monoisotopic (exact) mass is 389 g/mol. The Hall–Kier alpha value is -1.78. The van der Waals surface area contributed by atoms with Crippen molar-refractivity contribution in [1.29, 1.82) is 0 Å². The summed E-state index contributed by atoms with van der Waals surface area (Å²) in [5.74, 6) is -0.307. The Balaban J connectivity index is 2.28. The van der Waals surface area contributed by atoms with E-state index in [9.17, 15) is 26.3 Å². The molecule has 0 unspecified atom stereocenters. The van der Waals surface area contributed by atoms with Crippen molar-refractivity contribution in [1.82, 2.24) is 14.8 Å². The highest BCUT2D eigenvalue weighted by Gasteiger charge is 2.32. The van der Waals surface area contributed by atoms with E-state index in [1.807, 2.05) is 0 Å². The van der Waals surface area contributed by atoms with Crippen molar-refractivity contribution in [3.8, 4) is 11.8 Å². The number of benzene rings is 1. The van der Waals surface area contributed by atoms with Gasteiger partial charge in [0.25, 0.3) is 0 Å². The van der Waals surface area contributed by atoms with E-state index < -0.39 is 30.5 Å². The third-order valence-electron chi connectivity index (χ3n) is 2.31. The number of halogens is 7. The van der Waals surface area contributed by atoms with Gasteiger partial charge in [0.15, 0.2) is 0 Å². The first kappa shape index (κ1) is 16.6. The molecule has 120 valence electrons. The second-order valence-corrected chi connectivity index (χ2v) is 4.77. The van der Waals surface area contributed by atoms with Crippen LogP contribution in [0.2, 0.25) is 0 Å². The molecule has 0 spiro atoms. The molecule has 0 aliphatic carbocycles. The Morgan fingerprint density at radius 1 is 1.14 bits per heavy atom. The van der Waals surface area contributed by atoms with Crippen LogP contribution >= 0.6 is 15.9 Å². The SMILES string of the molecule is FC(F)(F)Cn1nc(Br)nc1Oc1cccc(C(F)(F)F)c1. The Bertz CT molecular complexity index is 667. The van der Waals surface area contributed by atoms with Gasteiger partial charge in [-0.15, -0.1) is 5.10 Å². The van der Waals surface area contributed by atoms with Gasteiger partial charge in [0.05, 0.1) is 5.56 Å². The summed E-state index contributed by atoms with van der Waals surface area (Å²) in [5.41, 5.74) is -0.994. The highest BCUT2D eigenvalue weighted by molar-refractivity contribution is 9.10. The fourth-order valence-corrected chi connectivity index (χ4v) is 1.83. The number of rotatable bonds is 3. The first-order chi connectivity index (χ1) is 10.0. The number of nitrogens with zero attached hydrogens (tertiary/aromatic N) is 3. The Morgan fingerprint density at radius 3 is 2.41 bits per heavy atom. The normalized spacial score (nSPS) is 12.5. The summed E-state index contributed by atoms with van der Waals surface area (Å²) in [7, 11) is 0. The molecule has 0 radical (unpaired) electrons. The molecule has 2 aromatic rings. The van der Waals surface area contributed by atoms with Crippen molar-refractivity contribution in [2.45, 2.75) is 18.9 Å². The van der Waals surface area contributed by atoms with Crippen LogP contribution in [0.3, 0.4) is 0 Å². The number of aromatic nitrogens is 3. The van der Waals surface area contributed by atoms with E-state index in [4.69, 9.17) is 4.74 Å². The summed E-state index contributed by atoms with van der Waals surface area (Å²) in [4.78, 5) is 3.55. The lowest BCUT2D eigenvalue weighted by Gasteiger charge is -2.11. The highest BCUT2D eigenvalue weighted by Crippen LogP contribution is 2.33. The van der Waals surface area contributed by atoms with E-state index in [2.05, 4.69) is 26.0 Å². The average molecular weight is 390 g/mol. The molecule has 0 saturated carbocycles. The molecule has 4 nitrogen and oxygen atoms in total. The van der Waals surface area contributed by atoms with Crippen LogP contribution < -0.4 is 4.74 Å². The van der Waals surface area contributed by atoms with Crippen LogP contribution in [0.25, 0.3) is 0 Å². The molecule has 0 bridgehead atoms. The number of alkyl halides is 6. The van der Waals surface area contributed by atoms with Crippen molar-refractivity contribution < 1.29 is 31.1 Å². The van der Waals surface area contributed by atoms with E-state index in [0.29, 0.717) is 10.7 Å². The van der Waals surface area contributed by atoms with Gasteiger partial charge in [0.2, 0.25) is 4.73 Å². The molecule has 0 aliphatic rings. The quantitative estimate of drug-likeness (QED) is 0.729. The highest BCUT2D eigenvalue weighted by atomic mass is 79.9. The lowest BCUT2D eigenvalue weighted by atomic mass is 10.2. The molecule has 11 heteroatoms. The maximum absolute atomic E-state index is 12.6. The van der Waals surface area contributed by atoms with Crippen LogP contribution in [0.5, 0.6) is 11.8 Å². The van der Waals surface area contributed by atoms with E-state index in [0.717, 1.165) is 18.2 Å². The predicted molar refractivity (Wildman–Crippen MR) is 65.3 cm³/mol. The van der Waals surface area contributed by atoms with Gasteiger partial charge in [0.1, 0.15) is 12.3 Å². The third kappa shape index (κ3) is 4.36. The first-order valence-electron chi connectivity index (χ1n) is 5.57. The van der Waals surface area contributed by atoms with Gasteiger partial charge >= 0.3 is 18.4 Å². The van der Waals surface area contributed by atoms with Gasteiger partial charge in [-0.3, -0.25) is 0 Å². The summed E-state index contributed by atoms with van der Waals surface area (Å²) in [6.45, 7) is -1.49. The standard InChI is InChI=1S/C11H6BrF6N3O/c12-8-19-9(21(20-8)5-10(13,14)15)22-7-3-1-2-6(4-7)11(16,17)18/h1-4H,5H2. The van der Waals surface area contributed by atoms with Crippen LogP contribution in [0, 0.1) is 0 Å². The minimum Gasteiger partial charge on any atom is -0.424 e. The first-order valence-corrected chi connectivity index (χ1v) is 6.36. The van der Waals surface area contributed by atoms with E-state index in [-0.39, 0.29) is 10.5 Å². The molecule has 0 aliphatic heterocycles. The van der Waals surface area contributed by atoms with Crippen LogP contribution in [-0.2, 0) is 12.7 Å². The van der Waals surface area contributed by atoms with Crippen LogP contribution in [0.15, 0.2) is 29.0 Å². The summed E-state index contributed by atoms with van der Waals surface area (Å²) in [6.07, 6.45) is -9.18. The molecule has 0 amide bonds. The fourth-order valence-electron chi connectivity index (χ4n) is 1.49. The third-order valence-corrected chi connectivity index (χ3v) is 2.65. The summed E-state index contributed by atoms with van der Waals surface area (Å²) in [6, 6.07) is 3.11. The van der Waals surface area contributed by atoms with Gasteiger partial charge < -0.3 is 4.74 Å². The lowest BCUT2D eigenvalue weighted by Crippen LogP contribution is -2.19.